The van der Waals surface area contributed by atoms with Gasteiger partial charge >= 0.3 is 0 Å². The molecule has 4 nitrogen and oxygen atoms in total. The molecule has 1 aromatic heterocycles. The van der Waals surface area contributed by atoms with Gasteiger partial charge in [-0.3, -0.25) is 4.98 Å². The number of nitrogens with two attached hydrogens (primary N) is 1. The Morgan fingerprint density at radius 3 is 2.83 bits per heavy atom. The third-order valence-corrected chi connectivity index (χ3v) is 1.72. The molecule has 0 saturated heterocycles. The van der Waals surface area contributed by atoms with Crippen LogP contribution in [0.4, 0.5) is 5.82 Å². The highest BCUT2D eigenvalue weighted by Crippen LogP contribution is 2.24. The van der Waals surface area contributed by atoms with Crippen molar-refractivity contribution in [3.8, 4) is 0 Å². The van der Waals surface area contributed by atoms with Crippen LogP contribution in [0.2, 0.25) is 0 Å². The van der Waals surface area contributed by atoms with E-state index < -0.39 is 0 Å². The van der Waals surface area contributed by atoms with Crippen LogP contribution in [0.5, 0.6) is 0 Å². The zero-order valence-electron chi connectivity index (χ0n) is 6.73. The summed E-state index contributed by atoms with van der Waals surface area (Å²) >= 11 is 0. The molecule has 1 fully saturated rings. The van der Waals surface area contributed by atoms with E-state index in [9.17, 15) is 0 Å². The van der Waals surface area contributed by atoms with Gasteiger partial charge in [0.25, 0.3) is 0 Å². The molecule has 0 aliphatic heterocycles. The first-order valence-corrected chi connectivity index (χ1v) is 4.02. The molecular formula is C8H11N3O. The Bertz CT molecular complexity index is 256. The number of hydrogen-bond acceptors (Lipinski definition) is 4. The van der Waals surface area contributed by atoms with Crippen molar-refractivity contribution < 1.29 is 4.74 Å². The molecule has 0 aromatic carbocycles. The quantitative estimate of drug-likeness (QED) is 0.717. The van der Waals surface area contributed by atoms with Gasteiger partial charge in [0.05, 0.1) is 30.8 Å². The van der Waals surface area contributed by atoms with Gasteiger partial charge in [0.15, 0.2) is 0 Å². The molecule has 12 heavy (non-hydrogen) atoms. The normalized spacial score (nSPS) is 16.3. The highest BCUT2D eigenvalue weighted by atomic mass is 16.5. The first-order chi connectivity index (χ1) is 5.84. The lowest BCUT2D eigenvalue weighted by Gasteiger charge is -2.00. The van der Waals surface area contributed by atoms with Crippen molar-refractivity contribution in [2.75, 3.05) is 5.73 Å². The van der Waals surface area contributed by atoms with E-state index in [1.165, 1.54) is 12.8 Å². The lowest BCUT2D eigenvalue weighted by Crippen LogP contribution is -1.99. The van der Waals surface area contributed by atoms with Gasteiger partial charge in [-0.1, -0.05) is 0 Å². The Kier molecular flexibility index (Phi) is 1.91. The van der Waals surface area contributed by atoms with E-state index in [0.29, 0.717) is 18.5 Å². The van der Waals surface area contributed by atoms with E-state index >= 15 is 0 Å². The van der Waals surface area contributed by atoms with Crippen LogP contribution in [-0.2, 0) is 11.3 Å². The fraction of sp³-hybridized carbons (Fsp3) is 0.500. The van der Waals surface area contributed by atoms with Crippen LogP contribution in [-0.4, -0.2) is 16.1 Å². The fourth-order valence-electron chi connectivity index (χ4n) is 0.877. The van der Waals surface area contributed by atoms with Gasteiger partial charge in [-0.25, -0.2) is 4.98 Å². The van der Waals surface area contributed by atoms with Crippen molar-refractivity contribution in [2.45, 2.75) is 25.6 Å². The van der Waals surface area contributed by atoms with Crippen LogP contribution in [0, 0.1) is 0 Å². The van der Waals surface area contributed by atoms with Gasteiger partial charge < -0.3 is 10.5 Å². The van der Waals surface area contributed by atoms with Gasteiger partial charge in [0, 0.05) is 0 Å². The minimum atomic E-state index is 0.449. The van der Waals surface area contributed by atoms with Crippen molar-refractivity contribution >= 4 is 5.82 Å². The van der Waals surface area contributed by atoms with E-state index in [1.807, 2.05) is 0 Å². The lowest BCUT2D eigenvalue weighted by atomic mass is 10.5. The zero-order chi connectivity index (χ0) is 8.39. The molecule has 2 N–H and O–H groups in total. The maximum Gasteiger partial charge on any atom is 0.141 e. The molecule has 1 aliphatic rings. The summed E-state index contributed by atoms with van der Waals surface area (Å²) < 4.78 is 5.44. The van der Waals surface area contributed by atoms with Crippen molar-refractivity contribution in [3.05, 3.63) is 18.1 Å². The second kappa shape index (κ2) is 3.06. The maximum absolute atomic E-state index is 5.44. The minimum Gasteiger partial charge on any atom is -0.382 e. The van der Waals surface area contributed by atoms with E-state index in [0.717, 1.165) is 5.69 Å². The Hall–Kier alpha value is -1.16. The predicted octanol–water partition coefficient (Wildman–Crippen LogP) is 0.738. The van der Waals surface area contributed by atoms with Crippen molar-refractivity contribution in [1.29, 1.82) is 0 Å². The number of nitrogen functional groups attached to an aromatic ring is 1. The maximum atomic E-state index is 5.44. The molecule has 0 radical (unpaired) electrons. The molecule has 4 heteroatoms. The molecule has 1 aliphatic carbocycles. The zero-order valence-corrected chi connectivity index (χ0v) is 6.73. The summed E-state index contributed by atoms with van der Waals surface area (Å²) in [6, 6.07) is 0. The van der Waals surface area contributed by atoms with Crippen LogP contribution in [0.15, 0.2) is 12.4 Å². The third-order valence-electron chi connectivity index (χ3n) is 1.72. The molecule has 1 heterocycles. The summed E-state index contributed by atoms with van der Waals surface area (Å²) in [5, 5.41) is 0. The molecule has 64 valence electrons. The Balaban J connectivity index is 1.89. The monoisotopic (exact) mass is 165 g/mol. The first-order valence-electron chi connectivity index (χ1n) is 4.02. The number of nitrogens with zero attached hydrogens (tertiary/aromatic N) is 2. The third kappa shape index (κ3) is 1.92. The van der Waals surface area contributed by atoms with Gasteiger partial charge in [-0.2, -0.15) is 0 Å². The second-order valence-electron chi connectivity index (χ2n) is 2.94. The molecule has 0 amide bonds. The van der Waals surface area contributed by atoms with Crippen LogP contribution < -0.4 is 5.73 Å². The largest absolute Gasteiger partial charge is 0.382 e. The standard InChI is InChI=1S/C8H11N3O/c9-8-4-10-6(3-11-8)5-12-7-1-2-7/h3-4,7H,1-2,5H2,(H2,9,11). The smallest absolute Gasteiger partial charge is 0.141 e. The first kappa shape index (κ1) is 7.49. The molecule has 1 saturated carbocycles. The summed E-state index contributed by atoms with van der Waals surface area (Å²) in [6.45, 7) is 0.554. The number of hydrogen-bond donors (Lipinski definition) is 1. The fourth-order valence-corrected chi connectivity index (χ4v) is 0.877. The highest BCUT2D eigenvalue weighted by molar-refractivity contribution is 5.22. The van der Waals surface area contributed by atoms with Gasteiger partial charge in [-0.05, 0) is 12.8 Å². The number of ether oxygens (including phenoxy) is 1. The van der Waals surface area contributed by atoms with Crippen LogP contribution in [0.3, 0.4) is 0 Å². The summed E-state index contributed by atoms with van der Waals surface area (Å²) in [6.07, 6.45) is 6.03. The average molecular weight is 165 g/mol. The SMILES string of the molecule is Nc1cnc(COC2CC2)cn1. The molecular weight excluding hydrogens is 154 g/mol. The molecule has 2 rings (SSSR count). The van der Waals surface area contributed by atoms with Crippen LogP contribution >= 0.6 is 0 Å². The van der Waals surface area contributed by atoms with E-state index in [4.69, 9.17) is 10.5 Å². The van der Waals surface area contributed by atoms with E-state index in [-0.39, 0.29) is 0 Å². The Morgan fingerprint density at radius 2 is 2.25 bits per heavy atom. The lowest BCUT2D eigenvalue weighted by molar-refractivity contribution is 0.103. The van der Waals surface area contributed by atoms with E-state index in [1.54, 1.807) is 12.4 Å². The van der Waals surface area contributed by atoms with Crippen molar-refractivity contribution in [1.82, 2.24) is 9.97 Å². The van der Waals surface area contributed by atoms with Crippen molar-refractivity contribution in [3.63, 3.8) is 0 Å². The number of rotatable bonds is 3. The summed E-state index contributed by atoms with van der Waals surface area (Å²) in [5.41, 5.74) is 6.22. The summed E-state index contributed by atoms with van der Waals surface area (Å²) in [5.74, 6) is 0.449. The number of anilines is 1. The highest BCUT2D eigenvalue weighted by Gasteiger charge is 2.21. The summed E-state index contributed by atoms with van der Waals surface area (Å²) in [7, 11) is 0. The Labute approximate surface area is 70.8 Å². The molecule has 0 atom stereocenters. The van der Waals surface area contributed by atoms with Crippen LogP contribution in [0.25, 0.3) is 0 Å². The molecule has 0 bridgehead atoms. The molecule has 0 spiro atoms. The van der Waals surface area contributed by atoms with Gasteiger partial charge in [0.1, 0.15) is 5.82 Å². The van der Waals surface area contributed by atoms with Crippen molar-refractivity contribution in [2.24, 2.45) is 0 Å². The predicted molar refractivity (Wildman–Crippen MR) is 44.3 cm³/mol. The summed E-state index contributed by atoms with van der Waals surface area (Å²) in [4.78, 5) is 7.98. The average Bonchev–Trinajstić information content (AvgIpc) is 2.87. The van der Waals surface area contributed by atoms with Gasteiger partial charge in [0.2, 0.25) is 0 Å². The number of aromatic nitrogens is 2. The van der Waals surface area contributed by atoms with Crippen LogP contribution in [0.1, 0.15) is 18.5 Å². The molecule has 0 unspecified atom stereocenters. The topological polar surface area (TPSA) is 61.0 Å². The van der Waals surface area contributed by atoms with E-state index in [2.05, 4.69) is 9.97 Å². The second-order valence-corrected chi connectivity index (χ2v) is 2.94. The Morgan fingerprint density at radius 1 is 1.42 bits per heavy atom. The van der Waals surface area contributed by atoms with Gasteiger partial charge in [-0.15, -0.1) is 0 Å². The minimum absolute atomic E-state index is 0.449. The molecule has 1 aromatic rings.